The lowest BCUT2D eigenvalue weighted by Gasteiger charge is -2.18. The molecule has 1 saturated heterocycles. The van der Waals surface area contributed by atoms with E-state index in [2.05, 4.69) is 11.3 Å². The molecule has 0 radical (unpaired) electrons. The third-order valence-electron chi connectivity index (χ3n) is 4.47. The molecule has 0 aliphatic carbocycles. The lowest BCUT2D eigenvalue weighted by molar-refractivity contribution is 0.192. The number of hydrogen-bond acceptors (Lipinski definition) is 6. The molecule has 0 saturated carbocycles. The first kappa shape index (κ1) is 21.0. The van der Waals surface area contributed by atoms with E-state index < -0.39 is 26.0 Å². The summed E-state index contributed by atoms with van der Waals surface area (Å²) in [7, 11) is -7.20. The third-order valence-corrected chi connectivity index (χ3v) is 7.36. The Labute approximate surface area is 154 Å². The topological polar surface area (TPSA) is 124 Å². The molecule has 3 N–H and O–H groups in total. The Morgan fingerprint density at radius 3 is 2.35 bits per heavy atom. The van der Waals surface area contributed by atoms with Gasteiger partial charge in [-0.05, 0) is 30.0 Å². The quantitative estimate of drug-likeness (QED) is 0.525. The number of aliphatic hydroxyl groups is 2. The second-order valence-corrected chi connectivity index (χ2v) is 9.86. The number of nitrogens with zero attached hydrogens (tertiary/aromatic N) is 1. The van der Waals surface area contributed by atoms with Crippen LogP contribution in [0.2, 0.25) is 0 Å². The summed E-state index contributed by atoms with van der Waals surface area (Å²) >= 11 is 0. The average molecular weight is 405 g/mol. The van der Waals surface area contributed by atoms with E-state index in [1.165, 1.54) is 16.4 Å². The Kier molecular flexibility index (Phi) is 6.94. The molecule has 26 heavy (non-hydrogen) atoms. The van der Waals surface area contributed by atoms with Crippen LogP contribution in [0.3, 0.4) is 0 Å². The lowest BCUT2D eigenvalue weighted by Crippen LogP contribution is -2.32. The van der Waals surface area contributed by atoms with Crippen LogP contribution < -0.4 is 4.72 Å². The van der Waals surface area contributed by atoms with Gasteiger partial charge in [-0.3, -0.25) is 0 Å². The molecule has 1 aromatic carbocycles. The monoisotopic (exact) mass is 404 g/mol. The van der Waals surface area contributed by atoms with Gasteiger partial charge in [-0.15, -0.1) is 0 Å². The Morgan fingerprint density at radius 2 is 1.81 bits per heavy atom. The van der Waals surface area contributed by atoms with Gasteiger partial charge in [0.2, 0.25) is 20.0 Å². The van der Waals surface area contributed by atoms with Crippen molar-refractivity contribution in [3.8, 4) is 0 Å². The van der Waals surface area contributed by atoms with Gasteiger partial charge in [0.05, 0.1) is 18.1 Å². The molecule has 146 valence electrons. The van der Waals surface area contributed by atoms with Crippen LogP contribution in [0.15, 0.2) is 41.1 Å². The average Bonchev–Trinajstić information content (AvgIpc) is 3.12. The van der Waals surface area contributed by atoms with Crippen molar-refractivity contribution in [3.05, 3.63) is 41.8 Å². The summed E-state index contributed by atoms with van der Waals surface area (Å²) < 4.78 is 52.0. The van der Waals surface area contributed by atoms with E-state index in [0.717, 1.165) is 5.41 Å². The van der Waals surface area contributed by atoms with Gasteiger partial charge in [0.1, 0.15) is 0 Å². The minimum absolute atomic E-state index is 0.105. The fourth-order valence-corrected chi connectivity index (χ4v) is 4.92. The minimum Gasteiger partial charge on any atom is -0.396 e. The van der Waals surface area contributed by atoms with E-state index >= 15 is 0 Å². The fraction of sp³-hybridized carbons (Fsp3) is 0.500. The third kappa shape index (κ3) is 4.90. The maximum Gasteiger partial charge on any atom is 0.243 e. The summed E-state index contributed by atoms with van der Waals surface area (Å²) in [6.07, 6.45) is 0.564. The van der Waals surface area contributed by atoms with Gasteiger partial charge in [-0.1, -0.05) is 18.7 Å². The Bertz CT molecular complexity index is 817. The van der Waals surface area contributed by atoms with Gasteiger partial charge in [-0.25, -0.2) is 21.6 Å². The zero-order valence-corrected chi connectivity index (χ0v) is 15.9. The molecular formula is C16H24N2O6S2. The van der Waals surface area contributed by atoms with Crippen LogP contribution in [0.1, 0.15) is 17.9 Å². The predicted octanol–water partition coefficient (Wildman–Crippen LogP) is -0.172. The number of nitrogens with one attached hydrogen (secondary N) is 1. The molecule has 10 heteroatoms. The maximum atomic E-state index is 12.7. The van der Waals surface area contributed by atoms with E-state index in [0.29, 0.717) is 18.5 Å². The number of rotatable bonds is 9. The summed E-state index contributed by atoms with van der Waals surface area (Å²) in [6.45, 7) is 3.48. The maximum absolute atomic E-state index is 12.7. The molecule has 0 amide bonds. The van der Waals surface area contributed by atoms with Crippen molar-refractivity contribution in [1.29, 1.82) is 0 Å². The molecule has 0 spiro atoms. The molecule has 1 atom stereocenters. The highest BCUT2D eigenvalue weighted by molar-refractivity contribution is 7.92. The summed E-state index contributed by atoms with van der Waals surface area (Å²) in [6, 6.07) is 6.07. The normalized spacial score (nSPS) is 19.1. The summed E-state index contributed by atoms with van der Waals surface area (Å²) in [5.74, 6) is -0.548. The van der Waals surface area contributed by atoms with Crippen molar-refractivity contribution in [1.82, 2.24) is 9.03 Å². The van der Waals surface area contributed by atoms with E-state index in [1.54, 1.807) is 12.1 Å². The fourth-order valence-electron chi connectivity index (χ4n) is 2.80. The van der Waals surface area contributed by atoms with Crippen LogP contribution in [-0.2, 0) is 20.0 Å². The van der Waals surface area contributed by atoms with Crippen LogP contribution >= 0.6 is 0 Å². The van der Waals surface area contributed by atoms with Gasteiger partial charge in [0.15, 0.2) is 0 Å². The molecule has 0 aromatic heterocycles. The second-order valence-electron chi connectivity index (χ2n) is 6.21. The molecule has 1 fully saturated rings. The van der Waals surface area contributed by atoms with Crippen molar-refractivity contribution in [2.45, 2.75) is 17.2 Å². The second kappa shape index (κ2) is 8.59. The van der Waals surface area contributed by atoms with Gasteiger partial charge in [-0.2, -0.15) is 4.31 Å². The first-order chi connectivity index (χ1) is 12.2. The molecule has 2 rings (SSSR count). The first-order valence-corrected chi connectivity index (χ1v) is 11.2. The largest absolute Gasteiger partial charge is 0.396 e. The van der Waals surface area contributed by atoms with E-state index in [1.807, 2.05) is 0 Å². The molecule has 1 heterocycles. The summed E-state index contributed by atoms with van der Waals surface area (Å²) in [4.78, 5) is 0.128. The van der Waals surface area contributed by atoms with Crippen LogP contribution in [0, 0.1) is 5.92 Å². The number of aliphatic hydroxyl groups excluding tert-OH is 2. The van der Waals surface area contributed by atoms with Crippen molar-refractivity contribution in [3.63, 3.8) is 0 Å². The molecule has 1 aliphatic heterocycles. The van der Waals surface area contributed by atoms with Gasteiger partial charge in [0.25, 0.3) is 0 Å². The van der Waals surface area contributed by atoms with E-state index in [9.17, 15) is 27.0 Å². The van der Waals surface area contributed by atoms with E-state index in [4.69, 9.17) is 0 Å². The molecule has 1 aromatic rings. The number of sulfonamides is 2. The SMILES string of the molecule is C=CS(=O)(=O)NCC1CCN(S(=O)(=O)c2ccc(C(CO)CO)cc2)C1. The van der Waals surface area contributed by atoms with Gasteiger partial charge in [0, 0.05) is 31.0 Å². The highest BCUT2D eigenvalue weighted by Gasteiger charge is 2.32. The first-order valence-electron chi connectivity index (χ1n) is 8.17. The van der Waals surface area contributed by atoms with Gasteiger partial charge < -0.3 is 10.2 Å². The van der Waals surface area contributed by atoms with Crippen molar-refractivity contribution < 1.29 is 27.0 Å². The van der Waals surface area contributed by atoms with Crippen LogP contribution in [0.4, 0.5) is 0 Å². The number of benzene rings is 1. The number of hydrogen-bond donors (Lipinski definition) is 3. The Morgan fingerprint density at radius 1 is 1.19 bits per heavy atom. The van der Waals surface area contributed by atoms with E-state index in [-0.39, 0.29) is 37.1 Å². The summed E-state index contributed by atoms with van der Waals surface area (Å²) in [5, 5.41) is 19.2. The van der Waals surface area contributed by atoms with Gasteiger partial charge >= 0.3 is 0 Å². The van der Waals surface area contributed by atoms with Crippen LogP contribution in [-0.4, -0.2) is 64.2 Å². The molecule has 0 bridgehead atoms. The van der Waals surface area contributed by atoms with Crippen molar-refractivity contribution in [2.24, 2.45) is 5.92 Å². The zero-order chi connectivity index (χ0) is 19.4. The molecular weight excluding hydrogens is 380 g/mol. The predicted molar refractivity (Wildman–Crippen MR) is 97.3 cm³/mol. The highest BCUT2D eigenvalue weighted by Crippen LogP contribution is 2.25. The van der Waals surface area contributed by atoms with Crippen molar-refractivity contribution in [2.75, 3.05) is 32.8 Å². The smallest absolute Gasteiger partial charge is 0.243 e. The minimum atomic E-state index is -3.68. The Balaban J connectivity index is 2.05. The zero-order valence-electron chi connectivity index (χ0n) is 14.3. The molecule has 8 nitrogen and oxygen atoms in total. The highest BCUT2D eigenvalue weighted by atomic mass is 32.2. The molecule has 1 aliphatic rings. The van der Waals surface area contributed by atoms with Crippen molar-refractivity contribution >= 4 is 20.0 Å². The Hall–Kier alpha value is -1.30. The summed E-state index contributed by atoms with van der Waals surface area (Å²) in [5.41, 5.74) is 0.659. The van der Waals surface area contributed by atoms with Crippen LogP contribution in [0.5, 0.6) is 0 Å². The van der Waals surface area contributed by atoms with Crippen LogP contribution in [0.25, 0.3) is 0 Å². The molecule has 1 unspecified atom stereocenters. The standard InChI is InChI=1S/C16H24N2O6S2/c1-2-25(21,22)17-9-13-7-8-18(10-13)26(23,24)16-5-3-14(4-6-16)15(11-19)12-20/h2-6,13,15,17,19-20H,1,7-12H2. The lowest BCUT2D eigenvalue weighted by atomic mass is 10.0.